The van der Waals surface area contributed by atoms with E-state index in [0.29, 0.717) is 24.5 Å². The van der Waals surface area contributed by atoms with Crippen molar-refractivity contribution in [3.8, 4) is 5.75 Å². The van der Waals surface area contributed by atoms with E-state index in [0.717, 1.165) is 32.1 Å². The number of esters is 2. The van der Waals surface area contributed by atoms with Crippen LogP contribution >= 0.6 is 23.2 Å². The topological polar surface area (TPSA) is 52.6 Å². The van der Waals surface area contributed by atoms with Crippen LogP contribution in [0.3, 0.4) is 0 Å². The largest absolute Gasteiger partial charge is 0.465 e. The summed E-state index contributed by atoms with van der Waals surface area (Å²) >= 11 is 12.1. The lowest BCUT2D eigenvalue weighted by Crippen LogP contribution is -2.36. The molecule has 0 bridgehead atoms. The Morgan fingerprint density at radius 1 is 1.00 bits per heavy atom. The Morgan fingerprint density at radius 2 is 1.67 bits per heavy atom. The summed E-state index contributed by atoms with van der Waals surface area (Å²) < 4.78 is 10.9. The normalized spacial score (nSPS) is 19.5. The number of carbonyl (C=O) groups excluding carboxylic acids is 2. The van der Waals surface area contributed by atoms with Crippen molar-refractivity contribution in [2.24, 2.45) is 11.8 Å². The molecular formula is C21H28Cl2O4. The third-order valence-electron chi connectivity index (χ3n) is 4.99. The third kappa shape index (κ3) is 6.69. The van der Waals surface area contributed by atoms with Crippen molar-refractivity contribution in [1.82, 2.24) is 0 Å². The van der Waals surface area contributed by atoms with E-state index < -0.39 is 17.8 Å². The first kappa shape index (κ1) is 22.0. The lowest BCUT2D eigenvalue weighted by atomic mass is 9.79. The summed E-state index contributed by atoms with van der Waals surface area (Å²) in [6, 6.07) is 4.89. The van der Waals surface area contributed by atoms with Crippen molar-refractivity contribution >= 4 is 35.1 Å². The summed E-state index contributed by atoms with van der Waals surface area (Å²) in [7, 11) is 0. The fourth-order valence-electron chi connectivity index (χ4n) is 3.43. The van der Waals surface area contributed by atoms with E-state index in [9.17, 15) is 9.59 Å². The highest BCUT2D eigenvalue weighted by Gasteiger charge is 2.38. The van der Waals surface area contributed by atoms with Crippen molar-refractivity contribution in [2.45, 2.75) is 64.7 Å². The molecule has 1 saturated carbocycles. The van der Waals surface area contributed by atoms with Gasteiger partial charge in [0.05, 0.1) is 23.5 Å². The molecule has 4 nitrogen and oxygen atoms in total. The average molecular weight is 415 g/mol. The van der Waals surface area contributed by atoms with Gasteiger partial charge >= 0.3 is 11.9 Å². The van der Waals surface area contributed by atoms with Gasteiger partial charge in [-0.2, -0.15) is 0 Å². The monoisotopic (exact) mass is 414 g/mol. The van der Waals surface area contributed by atoms with E-state index in [1.165, 1.54) is 12.8 Å². The zero-order valence-electron chi connectivity index (χ0n) is 15.8. The number of halogens is 2. The molecule has 0 saturated heterocycles. The second kappa shape index (κ2) is 11.6. The molecule has 2 atom stereocenters. The SMILES string of the molecule is CCCCCCCOC(=O)C1CCCCC1C(=O)Oc1cccc(Cl)c1Cl. The zero-order valence-corrected chi connectivity index (χ0v) is 17.4. The van der Waals surface area contributed by atoms with Crippen molar-refractivity contribution in [3.05, 3.63) is 28.2 Å². The van der Waals surface area contributed by atoms with Crippen molar-refractivity contribution in [2.75, 3.05) is 6.61 Å². The van der Waals surface area contributed by atoms with Crippen LogP contribution in [0.1, 0.15) is 64.7 Å². The van der Waals surface area contributed by atoms with Crippen molar-refractivity contribution < 1.29 is 19.1 Å². The van der Waals surface area contributed by atoms with Gasteiger partial charge in [0.1, 0.15) is 5.02 Å². The van der Waals surface area contributed by atoms with Crippen LogP contribution in [0.4, 0.5) is 0 Å². The maximum Gasteiger partial charge on any atom is 0.315 e. The molecule has 0 spiro atoms. The number of unbranched alkanes of at least 4 members (excludes halogenated alkanes) is 4. The number of hydrogen-bond donors (Lipinski definition) is 0. The summed E-state index contributed by atoms with van der Waals surface area (Å²) in [4.78, 5) is 25.2. The van der Waals surface area contributed by atoms with Crippen LogP contribution < -0.4 is 4.74 Å². The number of rotatable bonds is 9. The first-order valence-corrected chi connectivity index (χ1v) is 10.6. The van der Waals surface area contributed by atoms with Crippen LogP contribution in [-0.2, 0) is 14.3 Å². The molecule has 0 aromatic heterocycles. The number of hydrogen-bond acceptors (Lipinski definition) is 4. The minimum Gasteiger partial charge on any atom is -0.465 e. The van der Waals surface area contributed by atoms with Gasteiger partial charge in [0.2, 0.25) is 0 Å². The predicted molar refractivity (Wildman–Crippen MR) is 107 cm³/mol. The van der Waals surface area contributed by atoms with Gasteiger partial charge in [-0.05, 0) is 31.4 Å². The molecule has 0 heterocycles. The molecule has 0 N–H and O–H groups in total. The minimum absolute atomic E-state index is 0.203. The second-order valence-electron chi connectivity index (χ2n) is 7.05. The molecule has 1 fully saturated rings. The maximum atomic E-state index is 12.7. The third-order valence-corrected chi connectivity index (χ3v) is 5.79. The smallest absolute Gasteiger partial charge is 0.315 e. The highest BCUT2D eigenvalue weighted by Crippen LogP contribution is 2.35. The molecule has 1 aromatic carbocycles. The first-order chi connectivity index (χ1) is 13.0. The Bertz CT molecular complexity index is 633. The van der Waals surface area contributed by atoms with Crippen molar-refractivity contribution in [1.29, 1.82) is 0 Å². The molecule has 1 aliphatic rings. The predicted octanol–water partition coefficient (Wildman–Crippen LogP) is 6.22. The lowest BCUT2D eigenvalue weighted by molar-refractivity contribution is -0.158. The highest BCUT2D eigenvalue weighted by molar-refractivity contribution is 6.43. The number of carbonyl (C=O) groups is 2. The summed E-state index contributed by atoms with van der Waals surface area (Å²) in [6.07, 6.45) is 8.55. The quantitative estimate of drug-likeness (QED) is 0.273. The van der Waals surface area contributed by atoms with Crippen LogP contribution in [0.25, 0.3) is 0 Å². The molecule has 0 radical (unpaired) electrons. The number of ether oxygens (including phenoxy) is 2. The molecule has 0 amide bonds. The summed E-state index contributed by atoms with van der Waals surface area (Å²) in [5.74, 6) is -1.45. The minimum atomic E-state index is -0.499. The summed E-state index contributed by atoms with van der Waals surface area (Å²) in [6.45, 7) is 2.58. The lowest BCUT2D eigenvalue weighted by Gasteiger charge is -2.28. The number of benzene rings is 1. The van der Waals surface area contributed by atoms with Crippen LogP contribution in [-0.4, -0.2) is 18.5 Å². The van der Waals surface area contributed by atoms with Gasteiger partial charge in [-0.1, -0.05) is 74.7 Å². The van der Waals surface area contributed by atoms with E-state index in [-0.39, 0.29) is 16.7 Å². The molecule has 1 aromatic rings. The molecule has 27 heavy (non-hydrogen) atoms. The van der Waals surface area contributed by atoms with Crippen molar-refractivity contribution in [3.63, 3.8) is 0 Å². The fraction of sp³-hybridized carbons (Fsp3) is 0.619. The van der Waals surface area contributed by atoms with Gasteiger partial charge in [0.15, 0.2) is 5.75 Å². The molecule has 0 aliphatic heterocycles. The Morgan fingerprint density at radius 3 is 2.37 bits per heavy atom. The molecule has 150 valence electrons. The van der Waals surface area contributed by atoms with Crippen LogP contribution in [0.5, 0.6) is 5.75 Å². The summed E-state index contributed by atoms with van der Waals surface area (Å²) in [5.41, 5.74) is 0. The Hall–Kier alpha value is -1.26. The zero-order chi connectivity index (χ0) is 19.6. The van der Waals surface area contributed by atoms with Gasteiger partial charge < -0.3 is 9.47 Å². The molecule has 6 heteroatoms. The van der Waals surface area contributed by atoms with Gasteiger partial charge in [-0.15, -0.1) is 0 Å². The van der Waals surface area contributed by atoms with Gasteiger partial charge in [-0.3, -0.25) is 9.59 Å². The second-order valence-corrected chi connectivity index (χ2v) is 7.84. The fourth-order valence-corrected chi connectivity index (χ4v) is 3.76. The van der Waals surface area contributed by atoms with Crippen LogP contribution in [0, 0.1) is 11.8 Å². The average Bonchev–Trinajstić information content (AvgIpc) is 2.68. The highest BCUT2D eigenvalue weighted by atomic mass is 35.5. The Kier molecular flexibility index (Phi) is 9.43. The van der Waals surface area contributed by atoms with E-state index in [1.807, 2.05) is 0 Å². The van der Waals surface area contributed by atoms with E-state index >= 15 is 0 Å². The van der Waals surface area contributed by atoms with Gasteiger partial charge in [-0.25, -0.2) is 0 Å². The van der Waals surface area contributed by atoms with E-state index in [4.69, 9.17) is 32.7 Å². The van der Waals surface area contributed by atoms with E-state index in [1.54, 1.807) is 18.2 Å². The van der Waals surface area contributed by atoms with Crippen LogP contribution in [0.15, 0.2) is 18.2 Å². The molecule has 2 unspecified atom stereocenters. The standard InChI is InChI=1S/C21H28Cl2O4/c1-2-3-4-5-8-14-26-20(24)15-10-6-7-11-16(15)21(25)27-18-13-9-12-17(22)19(18)23/h9,12-13,15-16H,2-8,10-11,14H2,1H3. The first-order valence-electron chi connectivity index (χ1n) is 9.87. The molecule has 2 rings (SSSR count). The molecular weight excluding hydrogens is 387 g/mol. The molecule has 1 aliphatic carbocycles. The summed E-state index contributed by atoms with van der Waals surface area (Å²) in [5, 5.41) is 0.527. The maximum absolute atomic E-state index is 12.7. The van der Waals surface area contributed by atoms with E-state index in [2.05, 4.69) is 6.92 Å². The van der Waals surface area contributed by atoms with Gasteiger partial charge in [0.25, 0.3) is 0 Å². The Balaban J connectivity index is 1.90. The van der Waals surface area contributed by atoms with Gasteiger partial charge in [0, 0.05) is 0 Å². The van der Waals surface area contributed by atoms with Crippen LogP contribution in [0.2, 0.25) is 10.0 Å². The Labute approximate surface area is 171 Å².